The third-order valence-electron chi connectivity index (χ3n) is 7.60. The summed E-state index contributed by atoms with van der Waals surface area (Å²) >= 11 is 0. The molecule has 0 amide bonds. The van der Waals surface area contributed by atoms with E-state index in [1.807, 2.05) is 0 Å². The Hall–Kier alpha value is -3.15. The Morgan fingerprint density at radius 2 is 1.28 bits per heavy atom. The van der Waals surface area contributed by atoms with E-state index in [1.165, 1.54) is 84.8 Å². The van der Waals surface area contributed by atoms with Crippen molar-refractivity contribution in [3.05, 3.63) is 95.6 Å². The lowest BCUT2D eigenvalue weighted by Gasteiger charge is -2.22. The van der Waals surface area contributed by atoms with Gasteiger partial charge in [0, 0.05) is 5.30 Å². The fraction of sp³-hybridized carbons (Fsp3) is 0.235. The Labute approximate surface area is 215 Å². The number of fused-ring (bicyclic) bond motifs is 3. The molecular weight excluding hydrogens is 455 g/mol. The SMILES string of the molecule is CCCC[P@]1COc2cccc(-c3c4ccccc4c(-c4c(C)cc(C)cc4C)c4ccccc34)c21. The highest BCUT2D eigenvalue weighted by Crippen LogP contribution is 2.51. The summed E-state index contributed by atoms with van der Waals surface area (Å²) in [6.07, 6.45) is 4.59. The van der Waals surface area contributed by atoms with E-state index in [0.717, 1.165) is 12.1 Å². The monoisotopic (exact) mass is 488 g/mol. The smallest absolute Gasteiger partial charge is 0.128 e. The van der Waals surface area contributed by atoms with E-state index in [0.29, 0.717) is 0 Å². The van der Waals surface area contributed by atoms with Gasteiger partial charge in [0.1, 0.15) is 12.1 Å². The molecule has 0 fully saturated rings. The highest BCUT2D eigenvalue weighted by Gasteiger charge is 2.29. The summed E-state index contributed by atoms with van der Waals surface area (Å²) in [5.41, 5.74) is 9.45. The normalized spacial score (nSPS) is 14.8. The second-order valence-corrected chi connectivity index (χ2v) is 12.4. The van der Waals surface area contributed by atoms with Gasteiger partial charge in [0.25, 0.3) is 0 Å². The molecule has 0 saturated heterocycles. The molecule has 0 spiro atoms. The number of aryl methyl sites for hydroxylation is 3. The highest BCUT2D eigenvalue weighted by atomic mass is 31.1. The molecule has 6 rings (SSSR count). The molecule has 2 heteroatoms. The van der Waals surface area contributed by atoms with Crippen LogP contribution in [0.4, 0.5) is 0 Å². The predicted octanol–water partition coefficient (Wildman–Crippen LogP) is 9.51. The van der Waals surface area contributed by atoms with Gasteiger partial charge in [-0.15, -0.1) is 0 Å². The van der Waals surface area contributed by atoms with Crippen LogP contribution in [0, 0.1) is 20.8 Å². The Morgan fingerprint density at radius 3 is 1.86 bits per heavy atom. The van der Waals surface area contributed by atoms with Gasteiger partial charge < -0.3 is 4.74 Å². The van der Waals surface area contributed by atoms with Crippen molar-refractivity contribution in [1.29, 1.82) is 0 Å². The zero-order valence-corrected chi connectivity index (χ0v) is 22.6. The molecule has 1 aliphatic heterocycles. The molecule has 1 heterocycles. The molecule has 1 nitrogen and oxygen atoms in total. The minimum atomic E-state index is -0.310. The number of hydrogen-bond donors (Lipinski definition) is 0. The fourth-order valence-corrected chi connectivity index (χ4v) is 8.62. The van der Waals surface area contributed by atoms with Crippen molar-refractivity contribution in [2.24, 2.45) is 0 Å². The van der Waals surface area contributed by atoms with Crippen molar-refractivity contribution in [1.82, 2.24) is 0 Å². The van der Waals surface area contributed by atoms with Crippen molar-refractivity contribution in [2.75, 3.05) is 12.5 Å². The van der Waals surface area contributed by atoms with Gasteiger partial charge in [-0.25, -0.2) is 0 Å². The first-order chi connectivity index (χ1) is 17.6. The Morgan fingerprint density at radius 1 is 0.694 bits per heavy atom. The summed E-state index contributed by atoms with van der Waals surface area (Å²) in [5.74, 6) is 1.09. The quantitative estimate of drug-likeness (QED) is 0.177. The Kier molecular flexibility index (Phi) is 6.06. The summed E-state index contributed by atoms with van der Waals surface area (Å²) in [6.45, 7) is 9.00. The van der Waals surface area contributed by atoms with Crippen LogP contribution in [0.5, 0.6) is 5.75 Å². The molecule has 0 bridgehead atoms. The Balaban J connectivity index is 1.73. The maximum absolute atomic E-state index is 6.26. The van der Waals surface area contributed by atoms with Crippen LogP contribution in [0.25, 0.3) is 43.8 Å². The first kappa shape index (κ1) is 23.3. The van der Waals surface area contributed by atoms with Crippen LogP contribution in [-0.2, 0) is 0 Å². The van der Waals surface area contributed by atoms with Gasteiger partial charge in [-0.2, -0.15) is 0 Å². The van der Waals surface area contributed by atoms with Gasteiger partial charge in [-0.05, 0) is 102 Å². The zero-order chi connectivity index (χ0) is 24.8. The van der Waals surface area contributed by atoms with Crippen LogP contribution in [0.3, 0.4) is 0 Å². The second-order valence-electron chi connectivity index (χ2n) is 10.2. The third-order valence-corrected chi connectivity index (χ3v) is 9.99. The van der Waals surface area contributed by atoms with E-state index in [4.69, 9.17) is 4.74 Å². The number of hydrogen-bond acceptors (Lipinski definition) is 1. The molecule has 180 valence electrons. The van der Waals surface area contributed by atoms with Crippen LogP contribution in [-0.4, -0.2) is 12.5 Å². The van der Waals surface area contributed by atoms with Crippen LogP contribution in [0.15, 0.2) is 78.9 Å². The predicted molar refractivity (Wildman–Crippen MR) is 158 cm³/mol. The molecule has 0 radical (unpaired) electrons. The summed E-state index contributed by atoms with van der Waals surface area (Å²) in [6, 6.07) is 29.4. The van der Waals surface area contributed by atoms with Crippen molar-refractivity contribution in [3.8, 4) is 28.0 Å². The number of rotatable bonds is 5. The molecule has 0 unspecified atom stereocenters. The summed E-state index contributed by atoms with van der Waals surface area (Å²) in [5, 5.41) is 6.78. The summed E-state index contributed by atoms with van der Waals surface area (Å²) < 4.78 is 6.26. The van der Waals surface area contributed by atoms with Gasteiger partial charge >= 0.3 is 0 Å². The average Bonchev–Trinajstić information content (AvgIpc) is 3.30. The molecule has 0 N–H and O–H groups in total. The first-order valence-corrected chi connectivity index (χ1v) is 14.8. The van der Waals surface area contributed by atoms with Gasteiger partial charge in [0.2, 0.25) is 0 Å². The minimum Gasteiger partial charge on any atom is -0.488 e. The van der Waals surface area contributed by atoms with Crippen molar-refractivity contribution in [3.63, 3.8) is 0 Å². The molecule has 5 aromatic carbocycles. The molecule has 0 aliphatic carbocycles. The lowest BCUT2D eigenvalue weighted by atomic mass is 9.83. The van der Waals surface area contributed by atoms with Crippen molar-refractivity contribution >= 4 is 34.8 Å². The van der Waals surface area contributed by atoms with Gasteiger partial charge in [-0.1, -0.05) is 91.7 Å². The van der Waals surface area contributed by atoms with E-state index < -0.39 is 0 Å². The zero-order valence-electron chi connectivity index (χ0n) is 21.7. The van der Waals surface area contributed by atoms with Crippen LogP contribution in [0.1, 0.15) is 36.5 Å². The van der Waals surface area contributed by atoms with Gasteiger partial charge in [-0.3, -0.25) is 0 Å². The van der Waals surface area contributed by atoms with Crippen LogP contribution < -0.4 is 10.0 Å². The fourth-order valence-electron chi connectivity index (χ4n) is 6.17. The summed E-state index contributed by atoms with van der Waals surface area (Å²) in [7, 11) is -0.310. The topological polar surface area (TPSA) is 9.23 Å². The molecule has 0 saturated carbocycles. The van der Waals surface area contributed by atoms with Gasteiger partial charge in [0.15, 0.2) is 0 Å². The third kappa shape index (κ3) is 3.73. The maximum atomic E-state index is 6.26. The first-order valence-electron chi connectivity index (χ1n) is 13.1. The van der Waals surface area contributed by atoms with E-state index in [1.54, 1.807) is 0 Å². The van der Waals surface area contributed by atoms with E-state index in [2.05, 4.69) is 107 Å². The highest BCUT2D eigenvalue weighted by molar-refractivity contribution is 7.66. The van der Waals surface area contributed by atoms with Crippen molar-refractivity contribution in [2.45, 2.75) is 40.5 Å². The Bertz CT molecular complexity index is 1530. The maximum Gasteiger partial charge on any atom is 0.128 e. The molecule has 1 aliphatic rings. The summed E-state index contributed by atoms with van der Waals surface area (Å²) in [4.78, 5) is 0. The average molecular weight is 489 g/mol. The second kappa shape index (κ2) is 9.38. The molecule has 5 aromatic rings. The van der Waals surface area contributed by atoms with Crippen LogP contribution in [0.2, 0.25) is 0 Å². The van der Waals surface area contributed by atoms with Crippen molar-refractivity contribution < 1.29 is 4.74 Å². The lowest BCUT2D eigenvalue weighted by molar-refractivity contribution is 0.402. The number of ether oxygens (including phenoxy) is 1. The lowest BCUT2D eigenvalue weighted by Crippen LogP contribution is -2.05. The number of benzene rings is 5. The van der Waals surface area contributed by atoms with Crippen LogP contribution >= 0.6 is 7.92 Å². The molecular formula is C34H33OP. The minimum absolute atomic E-state index is 0.310. The van der Waals surface area contributed by atoms with E-state index >= 15 is 0 Å². The molecule has 1 atom stereocenters. The van der Waals surface area contributed by atoms with E-state index in [9.17, 15) is 0 Å². The van der Waals surface area contributed by atoms with E-state index in [-0.39, 0.29) is 7.92 Å². The molecule has 36 heavy (non-hydrogen) atoms. The largest absolute Gasteiger partial charge is 0.488 e. The van der Waals surface area contributed by atoms with Gasteiger partial charge in [0.05, 0.1) is 0 Å². The standard InChI is InChI=1S/C34H33OP/c1-5-6-18-36-21-35-30-17-11-16-29(34(30)36)32-25-12-7-9-14-27(25)33(28-15-10-8-13-26(28)32)31-23(3)19-22(2)20-24(31)4/h7-17,19-20H,5-6,18,21H2,1-4H3/t36-/m1/s1. The molecule has 0 aromatic heterocycles. The number of unbranched alkanes of at least 4 members (excludes halogenated alkanes) is 1.